The number of ether oxygens (including phenoxy) is 1. The lowest BCUT2D eigenvalue weighted by Crippen LogP contribution is -2.36. The number of rotatable bonds is 8. The molecular formula is C16H26ClNO. The molecule has 3 heteroatoms. The van der Waals surface area contributed by atoms with Crippen molar-refractivity contribution in [3.8, 4) is 5.75 Å². The smallest absolute Gasteiger partial charge is 0.119 e. The predicted molar refractivity (Wildman–Crippen MR) is 83.2 cm³/mol. The Labute approximate surface area is 122 Å². The summed E-state index contributed by atoms with van der Waals surface area (Å²) in [7, 11) is 0. The fourth-order valence-electron chi connectivity index (χ4n) is 1.76. The van der Waals surface area contributed by atoms with Crippen LogP contribution in [0.15, 0.2) is 24.3 Å². The Bertz CT molecular complexity index is 343. The summed E-state index contributed by atoms with van der Waals surface area (Å²) in [4.78, 5) is 0. The van der Waals surface area contributed by atoms with E-state index in [1.165, 1.54) is 19.3 Å². The van der Waals surface area contributed by atoms with Crippen LogP contribution in [-0.4, -0.2) is 18.7 Å². The van der Waals surface area contributed by atoms with Crippen molar-refractivity contribution >= 4 is 11.6 Å². The summed E-state index contributed by atoms with van der Waals surface area (Å²) in [6.07, 6.45) is 4.82. The van der Waals surface area contributed by atoms with Gasteiger partial charge in [-0.3, -0.25) is 0 Å². The molecule has 0 aliphatic heterocycles. The van der Waals surface area contributed by atoms with Gasteiger partial charge >= 0.3 is 0 Å². The van der Waals surface area contributed by atoms with Crippen LogP contribution in [0.5, 0.6) is 5.75 Å². The van der Waals surface area contributed by atoms with Gasteiger partial charge in [0.1, 0.15) is 5.75 Å². The van der Waals surface area contributed by atoms with Crippen LogP contribution in [0, 0.1) is 0 Å². The van der Waals surface area contributed by atoms with E-state index in [1.54, 1.807) is 0 Å². The number of halogens is 1. The van der Waals surface area contributed by atoms with Gasteiger partial charge in [-0.1, -0.05) is 24.4 Å². The lowest BCUT2D eigenvalue weighted by molar-refractivity contribution is 0.303. The Kier molecular flexibility index (Phi) is 7.25. The van der Waals surface area contributed by atoms with Gasteiger partial charge in [0.15, 0.2) is 0 Å². The maximum atomic E-state index is 5.81. The minimum atomic E-state index is 0.234. The minimum absolute atomic E-state index is 0.234. The van der Waals surface area contributed by atoms with E-state index in [1.807, 2.05) is 24.3 Å². The minimum Gasteiger partial charge on any atom is -0.494 e. The van der Waals surface area contributed by atoms with Crippen molar-refractivity contribution in [3.05, 3.63) is 29.3 Å². The fraction of sp³-hybridized carbons (Fsp3) is 0.625. The third kappa shape index (κ3) is 8.90. The molecule has 2 nitrogen and oxygen atoms in total. The van der Waals surface area contributed by atoms with Crippen molar-refractivity contribution in [2.75, 3.05) is 13.2 Å². The highest BCUT2D eigenvalue weighted by atomic mass is 35.5. The van der Waals surface area contributed by atoms with Crippen LogP contribution in [0.1, 0.15) is 46.5 Å². The average Bonchev–Trinajstić information content (AvgIpc) is 2.33. The monoisotopic (exact) mass is 283 g/mol. The fourth-order valence-corrected chi connectivity index (χ4v) is 1.89. The summed E-state index contributed by atoms with van der Waals surface area (Å²) < 4.78 is 5.65. The molecule has 0 fully saturated rings. The van der Waals surface area contributed by atoms with Crippen LogP contribution in [0.25, 0.3) is 0 Å². The average molecular weight is 284 g/mol. The third-order valence-electron chi connectivity index (χ3n) is 2.81. The van der Waals surface area contributed by atoms with E-state index < -0.39 is 0 Å². The highest BCUT2D eigenvalue weighted by Crippen LogP contribution is 2.15. The summed E-state index contributed by atoms with van der Waals surface area (Å²) in [5.74, 6) is 0.902. The molecule has 0 aliphatic carbocycles. The van der Waals surface area contributed by atoms with E-state index in [0.717, 1.165) is 30.3 Å². The van der Waals surface area contributed by atoms with Gasteiger partial charge in [-0.25, -0.2) is 0 Å². The second-order valence-electron chi connectivity index (χ2n) is 5.89. The molecule has 0 amide bonds. The molecule has 1 rings (SSSR count). The van der Waals surface area contributed by atoms with Crippen LogP contribution >= 0.6 is 11.6 Å². The van der Waals surface area contributed by atoms with Gasteiger partial charge in [-0.15, -0.1) is 0 Å². The molecule has 108 valence electrons. The molecule has 0 atom stereocenters. The first-order valence-corrected chi connectivity index (χ1v) is 7.48. The number of unbranched alkanes of at least 4 members (excludes halogenated alkanes) is 3. The van der Waals surface area contributed by atoms with Crippen molar-refractivity contribution < 1.29 is 4.74 Å². The molecule has 19 heavy (non-hydrogen) atoms. The van der Waals surface area contributed by atoms with Crippen molar-refractivity contribution in [2.45, 2.75) is 52.0 Å². The van der Waals surface area contributed by atoms with Crippen LogP contribution in [0.4, 0.5) is 0 Å². The number of hydrogen-bond donors (Lipinski definition) is 1. The highest BCUT2D eigenvalue weighted by molar-refractivity contribution is 6.30. The summed E-state index contributed by atoms with van der Waals surface area (Å²) >= 11 is 5.81. The SMILES string of the molecule is CC(C)(C)NCCCCCCOc1ccc(Cl)cc1. The molecule has 0 spiro atoms. The standard InChI is InChI=1S/C16H26ClNO/c1-16(2,3)18-12-6-4-5-7-13-19-15-10-8-14(17)9-11-15/h8-11,18H,4-7,12-13H2,1-3H3. The Hall–Kier alpha value is -0.730. The van der Waals surface area contributed by atoms with E-state index in [0.29, 0.717) is 0 Å². The zero-order valence-electron chi connectivity index (χ0n) is 12.3. The molecule has 0 unspecified atom stereocenters. The van der Waals surface area contributed by atoms with E-state index in [-0.39, 0.29) is 5.54 Å². The maximum Gasteiger partial charge on any atom is 0.119 e. The topological polar surface area (TPSA) is 21.3 Å². The summed E-state index contributed by atoms with van der Waals surface area (Å²) in [6, 6.07) is 7.54. The Balaban J connectivity index is 1.95. The molecular weight excluding hydrogens is 258 g/mol. The summed E-state index contributed by atoms with van der Waals surface area (Å²) in [6.45, 7) is 8.49. The summed E-state index contributed by atoms with van der Waals surface area (Å²) in [5, 5.41) is 4.25. The summed E-state index contributed by atoms with van der Waals surface area (Å²) in [5.41, 5.74) is 0.234. The molecule has 0 aromatic heterocycles. The van der Waals surface area contributed by atoms with Gasteiger partial charge in [-0.2, -0.15) is 0 Å². The van der Waals surface area contributed by atoms with Gasteiger partial charge < -0.3 is 10.1 Å². The molecule has 1 N–H and O–H groups in total. The van der Waals surface area contributed by atoms with Gasteiger partial charge in [0, 0.05) is 10.6 Å². The lowest BCUT2D eigenvalue weighted by Gasteiger charge is -2.20. The Morgan fingerprint density at radius 2 is 1.63 bits per heavy atom. The largest absolute Gasteiger partial charge is 0.494 e. The third-order valence-corrected chi connectivity index (χ3v) is 3.06. The highest BCUT2D eigenvalue weighted by Gasteiger charge is 2.06. The second-order valence-corrected chi connectivity index (χ2v) is 6.33. The zero-order chi connectivity index (χ0) is 14.1. The number of nitrogens with one attached hydrogen (secondary N) is 1. The quantitative estimate of drug-likeness (QED) is 0.700. The van der Waals surface area contributed by atoms with Gasteiger partial charge in [0.25, 0.3) is 0 Å². The first kappa shape index (κ1) is 16.3. The van der Waals surface area contributed by atoms with Crippen molar-refractivity contribution in [2.24, 2.45) is 0 Å². The van der Waals surface area contributed by atoms with E-state index in [2.05, 4.69) is 26.1 Å². The second kappa shape index (κ2) is 8.44. The normalized spacial score (nSPS) is 11.6. The van der Waals surface area contributed by atoms with Crippen LogP contribution in [0.3, 0.4) is 0 Å². The number of benzene rings is 1. The molecule has 1 aromatic carbocycles. The molecule has 0 aliphatic rings. The van der Waals surface area contributed by atoms with E-state index >= 15 is 0 Å². The number of hydrogen-bond acceptors (Lipinski definition) is 2. The van der Waals surface area contributed by atoms with E-state index in [9.17, 15) is 0 Å². The predicted octanol–water partition coefficient (Wildman–Crippen LogP) is 4.67. The molecule has 0 heterocycles. The molecule has 0 saturated heterocycles. The Morgan fingerprint density at radius 3 is 2.26 bits per heavy atom. The van der Waals surface area contributed by atoms with Crippen molar-refractivity contribution in [1.29, 1.82) is 0 Å². The van der Waals surface area contributed by atoms with Gasteiger partial charge in [0.2, 0.25) is 0 Å². The molecule has 0 radical (unpaired) electrons. The maximum absolute atomic E-state index is 5.81. The van der Waals surface area contributed by atoms with E-state index in [4.69, 9.17) is 16.3 Å². The van der Waals surface area contributed by atoms with Crippen LogP contribution < -0.4 is 10.1 Å². The van der Waals surface area contributed by atoms with Crippen molar-refractivity contribution in [3.63, 3.8) is 0 Å². The van der Waals surface area contributed by atoms with Gasteiger partial charge in [0.05, 0.1) is 6.61 Å². The Morgan fingerprint density at radius 1 is 1.00 bits per heavy atom. The lowest BCUT2D eigenvalue weighted by atomic mass is 10.1. The first-order chi connectivity index (χ1) is 8.97. The van der Waals surface area contributed by atoms with Crippen molar-refractivity contribution in [1.82, 2.24) is 5.32 Å². The molecule has 1 aromatic rings. The molecule has 0 bridgehead atoms. The first-order valence-electron chi connectivity index (χ1n) is 7.11. The van der Waals surface area contributed by atoms with Crippen LogP contribution in [0.2, 0.25) is 5.02 Å². The van der Waals surface area contributed by atoms with Gasteiger partial charge in [-0.05, 0) is 64.4 Å². The zero-order valence-corrected chi connectivity index (χ0v) is 13.1. The van der Waals surface area contributed by atoms with Crippen LogP contribution in [-0.2, 0) is 0 Å². The molecule has 0 saturated carbocycles.